The molecule has 0 amide bonds. The second kappa shape index (κ2) is 8.85. The third-order valence-electron chi connectivity index (χ3n) is 3.92. The maximum Gasteiger partial charge on any atom is 0.335 e. The fourth-order valence-electron chi connectivity index (χ4n) is 2.64. The highest BCUT2D eigenvalue weighted by molar-refractivity contribution is 7.53. The van der Waals surface area contributed by atoms with Crippen molar-refractivity contribution in [2.24, 2.45) is 0 Å². The molecule has 0 aromatic heterocycles. The zero-order valence-corrected chi connectivity index (χ0v) is 17.6. The lowest BCUT2D eigenvalue weighted by molar-refractivity contribution is 0.140. The molecular weight excluding hydrogens is 355 g/mol. The molecule has 1 rings (SSSR count). The van der Waals surface area contributed by atoms with Gasteiger partial charge in [-0.3, -0.25) is 4.57 Å². The predicted molar refractivity (Wildman–Crippen MR) is 103 cm³/mol. The second-order valence-corrected chi connectivity index (χ2v) is 10.5. The van der Waals surface area contributed by atoms with Gasteiger partial charge in [0.25, 0.3) is 0 Å². The topological polar surface area (TPSA) is 96.2 Å². The molecule has 0 fully saturated rings. The third kappa shape index (κ3) is 6.36. The molecular formula is C19H33O6P. The quantitative estimate of drug-likeness (QED) is 0.588. The Morgan fingerprint density at radius 2 is 1.27 bits per heavy atom. The van der Waals surface area contributed by atoms with E-state index in [1.165, 1.54) is 0 Å². The highest BCUT2D eigenvalue weighted by atomic mass is 31.2. The molecule has 26 heavy (non-hydrogen) atoms. The van der Waals surface area contributed by atoms with Crippen molar-refractivity contribution in [2.45, 2.75) is 58.5 Å². The summed E-state index contributed by atoms with van der Waals surface area (Å²) in [6.45, 7) is 11.2. The van der Waals surface area contributed by atoms with E-state index >= 15 is 0 Å². The number of hydrogen-bond donors (Lipinski definition) is 3. The Kier molecular flexibility index (Phi) is 7.88. The maximum absolute atomic E-state index is 13.0. The van der Waals surface area contributed by atoms with Gasteiger partial charge in [0.05, 0.1) is 32.6 Å². The van der Waals surface area contributed by atoms with Crippen LogP contribution in [-0.2, 0) is 30.6 Å². The fraction of sp³-hybridized carbons (Fsp3) is 0.684. The van der Waals surface area contributed by atoms with Gasteiger partial charge in [0, 0.05) is 0 Å². The number of aliphatic hydroxyl groups excluding tert-OH is 2. The van der Waals surface area contributed by atoms with Crippen LogP contribution in [0.5, 0.6) is 5.75 Å². The summed E-state index contributed by atoms with van der Waals surface area (Å²) < 4.78 is 23.5. The van der Waals surface area contributed by atoms with Crippen molar-refractivity contribution >= 4 is 7.60 Å². The van der Waals surface area contributed by atoms with E-state index in [1.54, 1.807) is 0 Å². The SMILES string of the molecule is CC(C)(C)c1cc(CP(=O)(OCCO)OCCO)cc(C(C)(C)C)c1O. The van der Waals surface area contributed by atoms with E-state index < -0.39 is 7.60 Å². The molecule has 7 heteroatoms. The molecule has 0 bridgehead atoms. The van der Waals surface area contributed by atoms with Gasteiger partial charge in [-0.25, -0.2) is 0 Å². The molecule has 0 aliphatic carbocycles. The molecule has 6 nitrogen and oxygen atoms in total. The highest BCUT2D eigenvalue weighted by Gasteiger charge is 2.30. The van der Waals surface area contributed by atoms with Crippen LogP contribution in [-0.4, -0.2) is 41.7 Å². The molecule has 0 atom stereocenters. The smallest absolute Gasteiger partial charge is 0.335 e. The summed E-state index contributed by atoms with van der Waals surface area (Å²) in [5.74, 6) is 0.246. The van der Waals surface area contributed by atoms with Gasteiger partial charge < -0.3 is 24.4 Å². The molecule has 1 aromatic carbocycles. The first kappa shape index (κ1) is 23.1. The molecule has 0 heterocycles. The summed E-state index contributed by atoms with van der Waals surface area (Å²) in [6, 6.07) is 3.64. The Hall–Kier alpha value is -0.910. The van der Waals surface area contributed by atoms with E-state index in [1.807, 2.05) is 53.7 Å². The number of benzene rings is 1. The molecule has 0 aliphatic heterocycles. The summed E-state index contributed by atoms with van der Waals surface area (Å²) in [6.07, 6.45) is -0.000556. The van der Waals surface area contributed by atoms with Gasteiger partial charge in [0.1, 0.15) is 5.75 Å². The highest BCUT2D eigenvalue weighted by Crippen LogP contribution is 2.52. The largest absolute Gasteiger partial charge is 0.507 e. The van der Waals surface area contributed by atoms with E-state index in [-0.39, 0.29) is 49.2 Å². The minimum absolute atomic E-state index is 0.000556. The van der Waals surface area contributed by atoms with Gasteiger partial charge in [-0.2, -0.15) is 0 Å². The van der Waals surface area contributed by atoms with Crippen molar-refractivity contribution in [1.82, 2.24) is 0 Å². The zero-order valence-electron chi connectivity index (χ0n) is 16.7. The fourth-order valence-corrected chi connectivity index (χ4v) is 4.25. The van der Waals surface area contributed by atoms with Gasteiger partial charge in [-0.1, -0.05) is 53.7 Å². The molecule has 1 aromatic rings. The molecule has 3 N–H and O–H groups in total. The molecule has 150 valence electrons. The second-order valence-electron chi connectivity index (χ2n) is 8.42. The summed E-state index contributed by atoms with van der Waals surface area (Å²) >= 11 is 0. The monoisotopic (exact) mass is 388 g/mol. The minimum atomic E-state index is -3.54. The molecule has 0 radical (unpaired) electrons. The number of aromatic hydroxyl groups is 1. The van der Waals surface area contributed by atoms with Crippen molar-refractivity contribution in [3.8, 4) is 5.75 Å². The zero-order chi connectivity index (χ0) is 20.2. The molecule has 0 saturated carbocycles. The number of phenolic OH excluding ortho intramolecular Hbond substituents is 1. The van der Waals surface area contributed by atoms with Gasteiger partial charge in [0.2, 0.25) is 0 Å². The average molecular weight is 388 g/mol. The Balaban J connectivity index is 3.39. The van der Waals surface area contributed by atoms with E-state index in [2.05, 4.69) is 0 Å². The number of aliphatic hydroxyl groups is 2. The summed E-state index contributed by atoms with van der Waals surface area (Å²) in [4.78, 5) is 0. The van der Waals surface area contributed by atoms with Crippen molar-refractivity contribution in [1.29, 1.82) is 0 Å². The third-order valence-corrected chi connectivity index (χ3v) is 5.82. The lowest BCUT2D eigenvalue weighted by Crippen LogP contribution is -2.18. The van der Waals surface area contributed by atoms with Gasteiger partial charge in [-0.05, 0) is 27.5 Å². The van der Waals surface area contributed by atoms with Crippen LogP contribution in [0.3, 0.4) is 0 Å². The van der Waals surface area contributed by atoms with Crippen LogP contribution in [0.15, 0.2) is 12.1 Å². The Labute approximate surface area is 156 Å². The van der Waals surface area contributed by atoms with Crippen LogP contribution in [0.25, 0.3) is 0 Å². The Bertz CT molecular complexity index is 595. The van der Waals surface area contributed by atoms with Crippen LogP contribution in [0, 0.1) is 0 Å². The lowest BCUT2D eigenvalue weighted by atomic mass is 9.78. The van der Waals surface area contributed by atoms with Crippen molar-refractivity contribution in [3.05, 3.63) is 28.8 Å². The van der Waals surface area contributed by atoms with Crippen molar-refractivity contribution < 1.29 is 28.9 Å². The molecule has 0 aliphatic rings. The first-order chi connectivity index (χ1) is 11.8. The number of hydrogen-bond acceptors (Lipinski definition) is 6. The van der Waals surface area contributed by atoms with Crippen molar-refractivity contribution in [2.75, 3.05) is 26.4 Å². The molecule has 0 spiro atoms. The summed E-state index contributed by atoms with van der Waals surface area (Å²) in [7, 11) is -3.54. The Morgan fingerprint density at radius 3 is 1.58 bits per heavy atom. The van der Waals surface area contributed by atoms with E-state index in [0.717, 1.165) is 16.7 Å². The van der Waals surface area contributed by atoms with E-state index in [4.69, 9.17) is 19.3 Å². The van der Waals surface area contributed by atoms with Crippen LogP contribution in [0.2, 0.25) is 0 Å². The summed E-state index contributed by atoms with van der Waals surface area (Å²) in [5, 5.41) is 28.7. The number of rotatable bonds is 8. The van der Waals surface area contributed by atoms with Crippen LogP contribution in [0.4, 0.5) is 0 Å². The van der Waals surface area contributed by atoms with E-state index in [9.17, 15) is 9.67 Å². The number of phenols is 1. The molecule has 0 unspecified atom stereocenters. The van der Waals surface area contributed by atoms with Crippen LogP contribution >= 0.6 is 7.60 Å². The lowest BCUT2D eigenvalue weighted by Gasteiger charge is -2.29. The predicted octanol–water partition coefficient (Wildman–Crippen LogP) is 3.70. The maximum atomic E-state index is 13.0. The van der Waals surface area contributed by atoms with Gasteiger partial charge >= 0.3 is 7.60 Å². The van der Waals surface area contributed by atoms with E-state index in [0.29, 0.717) is 0 Å². The summed E-state index contributed by atoms with van der Waals surface area (Å²) in [5.41, 5.74) is 1.63. The first-order valence-corrected chi connectivity index (χ1v) is 10.5. The minimum Gasteiger partial charge on any atom is -0.507 e. The van der Waals surface area contributed by atoms with Gasteiger partial charge in [-0.15, -0.1) is 0 Å². The standard InChI is InChI=1S/C19H33O6P/c1-18(2,3)15-11-14(12-16(17(15)22)19(4,5)6)13-26(23,24-9-7-20)25-10-8-21/h11-12,20-22H,7-10,13H2,1-6H3. The first-order valence-electron chi connectivity index (χ1n) is 8.81. The van der Waals surface area contributed by atoms with Gasteiger partial charge in [0.15, 0.2) is 0 Å². The van der Waals surface area contributed by atoms with Crippen LogP contribution < -0.4 is 0 Å². The van der Waals surface area contributed by atoms with Crippen LogP contribution in [0.1, 0.15) is 58.2 Å². The normalized spacial score (nSPS) is 13.2. The van der Waals surface area contributed by atoms with Crippen molar-refractivity contribution in [3.63, 3.8) is 0 Å². The average Bonchev–Trinajstić information content (AvgIpc) is 2.50. The Morgan fingerprint density at radius 1 is 0.885 bits per heavy atom. The molecule has 0 saturated heterocycles.